The van der Waals surface area contributed by atoms with Crippen molar-refractivity contribution in [3.8, 4) is 17.3 Å². The second kappa shape index (κ2) is 6.15. The van der Waals surface area contributed by atoms with Crippen LogP contribution in [0.15, 0.2) is 36.4 Å². The molecule has 0 saturated heterocycles. The largest absolute Gasteiger partial charge is 0.475 e. The van der Waals surface area contributed by atoms with E-state index in [1.54, 1.807) is 6.07 Å². The molecule has 0 amide bonds. The Hall–Kier alpha value is -2.14. The number of ether oxygens (including phenoxy) is 1. The van der Waals surface area contributed by atoms with Crippen molar-refractivity contribution >= 4 is 5.82 Å². The Morgan fingerprint density at radius 2 is 2.00 bits per heavy atom. The van der Waals surface area contributed by atoms with Crippen molar-refractivity contribution in [1.29, 1.82) is 0 Å². The van der Waals surface area contributed by atoms with Gasteiger partial charge in [-0.25, -0.2) is 10.8 Å². The third kappa shape index (κ3) is 3.42. The van der Waals surface area contributed by atoms with E-state index in [2.05, 4.69) is 22.3 Å². The summed E-state index contributed by atoms with van der Waals surface area (Å²) in [6, 6.07) is 11.4. The first-order valence-corrected chi connectivity index (χ1v) is 6.30. The second-order valence-corrected chi connectivity index (χ2v) is 4.26. The van der Waals surface area contributed by atoms with Gasteiger partial charge in [0.05, 0.1) is 6.10 Å². The number of anilines is 1. The highest BCUT2D eigenvalue weighted by molar-refractivity contribution is 5.57. The van der Waals surface area contributed by atoms with Crippen molar-refractivity contribution in [2.75, 3.05) is 5.43 Å². The Morgan fingerprint density at radius 1 is 1.26 bits per heavy atom. The molecule has 0 radical (unpaired) electrons. The lowest BCUT2D eigenvalue weighted by Crippen LogP contribution is -2.14. The van der Waals surface area contributed by atoms with Crippen molar-refractivity contribution < 1.29 is 4.74 Å². The SMILES string of the molecule is CCC(C)Oc1cc(NN)nc(-c2ccccc2)n1. The number of nitrogens with zero attached hydrogens (tertiary/aromatic N) is 2. The minimum atomic E-state index is 0.101. The molecule has 2 rings (SSSR count). The summed E-state index contributed by atoms with van der Waals surface area (Å²) in [5.74, 6) is 7.08. The molecule has 1 aromatic heterocycles. The zero-order valence-corrected chi connectivity index (χ0v) is 11.1. The van der Waals surface area contributed by atoms with Gasteiger partial charge in [-0.15, -0.1) is 0 Å². The van der Waals surface area contributed by atoms with E-state index >= 15 is 0 Å². The summed E-state index contributed by atoms with van der Waals surface area (Å²) in [4.78, 5) is 8.74. The smallest absolute Gasteiger partial charge is 0.219 e. The van der Waals surface area contributed by atoms with Crippen LogP contribution in [-0.2, 0) is 0 Å². The van der Waals surface area contributed by atoms with Crippen LogP contribution in [0.1, 0.15) is 20.3 Å². The summed E-state index contributed by atoms with van der Waals surface area (Å²) < 4.78 is 5.72. The van der Waals surface area contributed by atoms with Crippen LogP contribution in [0.4, 0.5) is 5.82 Å². The number of benzene rings is 1. The van der Waals surface area contributed by atoms with Gasteiger partial charge in [0.2, 0.25) is 5.88 Å². The standard InChI is InChI=1S/C14H18N4O/c1-3-10(2)19-13-9-12(18-15)16-14(17-13)11-7-5-4-6-8-11/h4-10H,3,15H2,1-2H3,(H,16,17,18). The van der Waals surface area contributed by atoms with E-state index in [9.17, 15) is 0 Å². The van der Waals surface area contributed by atoms with Crippen molar-refractivity contribution in [1.82, 2.24) is 9.97 Å². The lowest BCUT2D eigenvalue weighted by molar-refractivity contribution is 0.208. The van der Waals surface area contributed by atoms with E-state index in [1.165, 1.54) is 0 Å². The van der Waals surface area contributed by atoms with Crippen LogP contribution in [0.5, 0.6) is 5.88 Å². The lowest BCUT2D eigenvalue weighted by atomic mass is 10.2. The zero-order chi connectivity index (χ0) is 13.7. The molecule has 2 aromatic rings. The van der Waals surface area contributed by atoms with Crippen molar-refractivity contribution in [2.24, 2.45) is 5.84 Å². The molecule has 0 aliphatic rings. The van der Waals surface area contributed by atoms with Gasteiger partial charge in [-0.2, -0.15) is 4.98 Å². The predicted octanol–water partition coefficient (Wildman–Crippen LogP) is 2.61. The quantitative estimate of drug-likeness (QED) is 0.637. The summed E-state index contributed by atoms with van der Waals surface area (Å²) in [5, 5.41) is 0. The summed E-state index contributed by atoms with van der Waals surface area (Å²) in [6.45, 7) is 4.06. The maximum Gasteiger partial charge on any atom is 0.219 e. The minimum Gasteiger partial charge on any atom is -0.475 e. The first-order valence-electron chi connectivity index (χ1n) is 6.30. The van der Waals surface area contributed by atoms with E-state index in [-0.39, 0.29) is 6.10 Å². The molecule has 5 heteroatoms. The fraction of sp³-hybridized carbons (Fsp3) is 0.286. The van der Waals surface area contributed by atoms with Crippen LogP contribution in [0.2, 0.25) is 0 Å². The number of hydrazine groups is 1. The van der Waals surface area contributed by atoms with Crippen LogP contribution in [0.25, 0.3) is 11.4 Å². The van der Waals surface area contributed by atoms with Gasteiger partial charge in [0.15, 0.2) is 5.82 Å². The Morgan fingerprint density at radius 3 is 2.63 bits per heavy atom. The summed E-state index contributed by atoms with van der Waals surface area (Å²) in [7, 11) is 0. The molecular weight excluding hydrogens is 240 g/mol. The summed E-state index contributed by atoms with van der Waals surface area (Å²) >= 11 is 0. The average molecular weight is 258 g/mol. The molecule has 0 aliphatic carbocycles. The number of rotatable bonds is 5. The molecule has 0 bridgehead atoms. The Labute approximate surface area is 112 Å². The molecule has 0 saturated carbocycles. The highest BCUT2D eigenvalue weighted by Crippen LogP contribution is 2.21. The molecule has 19 heavy (non-hydrogen) atoms. The van der Waals surface area contributed by atoms with Crippen LogP contribution in [-0.4, -0.2) is 16.1 Å². The molecule has 0 aliphatic heterocycles. The molecule has 100 valence electrons. The average Bonchev–Trinajstić information content (AvgIpc) is 2.47. The van der Waals surface area contributed by atoms with E-state index in [0.29, 0.717) is 17.5 Å². The van der Waals surface area contributed by atoms with Crippen molar-refractivity contribution in [3.63, 3.8) is 0 Å². The van der Waals surface area contributed by atoms with E-state index in [4.69, 9.17) is 10.6 Å². The molecule has 1 atom stereocenters. The van der Waals surface area contributed by atoms with Crippen LogP contribution >= 0.6 is 0 Å². The molecular formula is C14H18N4O. The number of hydrogen-bond donors (Lipinski definition) is 2. The van der Waals surface area contributed by atoms with Gasteiger partial charge < -0.3 is 10.2 Å². The first kappa shape index (κ1) is 13.3. The van der Waals surface area contributed by atoms with E-state index < -0.39 is 0 Å². The highest BCUT2D eigenvalue weighted by Gasteiger charge is 2.09. The third-order valence-electron chi connectivity index (χ3n) is 2.78. The zero-order valence-electron chi connectivity index (χ0n) is 11.1. The topological polar surface area (TPSA) is 73.1 Å². The first-order chi connectivity index (χ1) is 9.22. The molecule has 3 N–H and O–H groups in total. The van der Waals surface area contributed by atoms with Gasteiger partial charge in [0, 0.05) is 11.6 Å². The summed E-state index contributed by atoms with van der Waals surface area (Å²) in [6.07, 6.45) is 1.01. The van der Waals surface area contributed by atoms with E-state index in [1.807, 2.05) is 37.3 Å². The maximum atomic E-state index is 5.72. The molecule has 1 heterocycles. The van der Waals surface area contributed by atoms with Gasteiger partial charge in [-0.3, -0.25) is 0 Å². The van der Waals surface area contributed by atoms with Crippen LogP contribution in [0, 0.1) is 0 Å². The number of aromatic nitrogens is 2. The Bertz CT molecular complexity index is 530. The Balaban J connectivity index is 2.36. The minimum absolute atomic E-state index is 0.101. The molecule has 5 nitrogen and oxygen atoms in total. The predicted molar refractivity (Wildman–Crippen MR) is 75.7 cm³/mol. The lowest BCUT2D eigenvalue weighted by Gasteiger charge is -2.13. The second-order valence-electron chi connectivity index (χ2n) is 4.26. The van der Waals surface area contributed by atoms with Gasteiger partial charge in [-0.1, -0.05) is 37.3 Å². The maximum absolute atomic E-state index is 5.72. The number of nitrogen functional groups attached to an aromatic ring is 1. The van der Waals surface area contributed by atoms with Gasteiger partial charge in [0.25, 0.3) is 0 Å². The van der Waals surface area contributed by atoms with Crippen LogP contribution in [0.3, 0.4) is 0 Å². The highest BCUT2D eigenvalue weighted by atomic mass is 16.5. The summed E-state index contributed by atoms with van der Waals surface area (Å²) in [5.41, 5.74) is 3.46. The van der Waals surface area contributed by atoms with Crippen LogP contribution < -0.4 is 16.0 Å². The van der Waals surface area contributed by atoms with E-state index in [0.717, 1.165) is 12.0 Å². The van der Waals surface area contributed by atoms with Crippen molar-refractivity contribution in [3.05, 3.63) is 36.4 Å². The number of hydrogen-bond acceptors (Lipinski definition) is 5. The monoisotopic (exact) mass is 258 g/mol. The molecule has 1 unspecified atom stereocenters. The fourth-order valence-corrected chi connectivity index (χ4v) is 1.57. The van der Waals surface area contributed by atoms with Gasteiger partial charge >= 0.3 is 0 Å². The molecule has 0 spiro atoms. The Kier molecular flexibility index (Phi) is 4.30. The normalized spacial score (nSPS) is 11.9. The van der Waals surface area contributed by atoms with Gasteiger partial charge in [-0.05, 0) is 13.3 Å². The third-order valence-corrected chi connectivity index (χ3v) is 2.78. The van der Waals surface area contributed by atoms with Crippen molar-refractivity contribution in [2.45, 2.75) is 26.4 Å². The number of nitrogens with two attached hydrogens (primary N) is 1. The fourth-order valence-electron chi connectivity index (χ4n) is 1.57. The molecule has 0 fully saturated rings. The molecule has 1 aromatic carbocycles. The van der Waals surface area contributed by atoms with Gasteiger partial charge in [0.1, 0.15) is 5.82 Å². The number of nitrogens with one attached hydrogen (secondary N) is 1.